The summed E-state index contributed by atoms with van der Waals surface area (Å²) in [6.45, 7) is 0.917. The molecular formula is C14H11F2N5O. The number of aromatic nitrogens is 4. The van der Waals surface area contributed by atoms with Gasteiger partial charge in [0.1, 0.15) is 6.61 Å². The van der Waals surface area contributed by atoms with Gasteiger partial charge in [0.05, 0.1) is 6.54 Å². The molecule has 0 fully saturated rings. The highest BCUT2D eigenvalue weighted by Gasteiger charge is 2.21. The van der Waals surface area contributed by atoms with Crippen LogP contribution < -0.4 is 5.06 Å². The fraction of sp³-hybridized carbons (Fsp3) is 0.214. The highest BCUT2D eigenvalue weighted by atomic mass is 19.3. The van der Waals surface area contributed by atoms with Crippen molar-refractivity contribution in [2.45, 2.75) is 19.6 Å². The molecule has 3 heterocycles. The van der Waals surface area contributed by atoms with Gasteiger partial charge < -0.3 is 0 Å². The minimum Gasteiger partial charge on any atom is -0.267 e. The van der Waals surface area contributed by atoms with Gasteiger partial charge in [-0.25, -0.2) is 13.8 Å². The average molecular weight is 303 g/mol. The number of fused-ring (bicyclic) bond motifs is 2. The Kier molecular flexibility index (Phi) is 2.97. The van der Waals surface area contributed by atoms with Crippen LogP contribution in [0.1, 0.15) is 23.4 Å². The smallest absolute Gasteiger partial charge is 0.267 e. The summed E-state index contributed by atoms with van der Waals surface area (Å²) in [6, 6.07) is 11.2. The van der Waals surface area contributed by atoms with Crippen LogP contribution in [0.5, 0.6) is 0 Å². The Hall–Kier alpha value is -2.61. The first-order valence-corrected chi connectivity index (χ1v) is 6.70. The lowest BCUT2D eigenvalue weighted by atomic mass is 10.1. The Morgan fingerprint density at radius 2 is 1.86 bits per heavy atom. The number of halogens is 2. The van der Waals surface area contributed by atoms with Crippen molar-refractivity contribution in [3.05, 3.63) is 53.3 Å². The summed E-state index contributed by atoms with van der Waals surface area (Å²) >= 11 is 0. The highest BCUT2D eigenvalue weighted by molar-refractivity contribution is 5.46. The van der Waals surface area contributed by atoms with E-state index < -0.39 is 12.2 Å². The van der Waals surface area contributed by atoms with Crippen LogP contribution in [0.2, 0.25) is 0 Å². The van der Waals surface area contributed by atoms with E-state index in [-0.39, 0.29) is 5.65 Å². The summed E-state index contributed by atoms with van der Waals surface area (Å²) < 4.78 is 26.8. The maximum Gasteiger partial charge on any atom is 0.299 e. The van der Waals surface area contributed by atoms with E-state index in [1.165, 1.54) is 0 Å². The van der Waals surface area contributed by atoms with Gasteiger partial charge in [0.25, 0.3) is 6.43 Å². The summed E-state index contributed by atoms with van der Waals surface area (Å²) in [5.41, 5.74) is 2.50. The zero-order valence-corrected chi connectivity index (χ0v) is 11.4. The number of alkyl halides is 2. The SMILES string of the molecule is FC(F)c1nnc2ccc(N3Cc4ccccc4CO3)nn12. The Morgan fingerprint density at radius 1 is 1.05 bits per heavy atom. The lowest BCUT2D eigenvalue weighted by molar-refractivity contribution is 0.0756. The maximum atomic E-state index is 12.9. The van der Waals surface area contributed by atoms with Gasteiger partial charge in [0, 0.05) is 0 Å². The van der Waals surface area contributed by atoms with Crippen LogP contribution in [0, 0.1) is 0 Å². The van der Waals surface area contributed by atoms with Crippen molar-refractivity contribution < 1.29 is 13.6 Å². The summed E-state index contributed by atoms with van der Waals surface area (Å²) in [6.07, 6.45) is -2.74. The fourth-order valence-electron chi connectivity index (χ4n) is 2.41. The van der Waals surface area contributed by atoms with Crippen LogP contribution in [0.4, 0.5) is 14.6 Å². The van der Waals surface area contributed by atoms with Crippen LogP contribution in [0.25, 0.3) is 5.65 Å². The number of hydrogen-bond acceptors (Lipinski definition) is 5. The molecule has 2 aromatic heterocycles. The van der Waals surface area contributed by atoms with Gasteiger partial charge in [-0.15, -0.1) is 15.3 Å². The molecular weight excluding hydrogens is 292 g/mol. The first-order valence-electron chi connectivity index (χ1n) is 6.70. The number of anilines is 1. The van der Waals surface area contributed by atoms with Crippen molar-refractivity contribution in [1.82, 2.24) is 19.8 Å². The van der Waals surface area contributed by atoms with Crippen LogP contribution in [0.3, 0.4) is 0 Å². The number of hydroxylamine groups is 1. The molecule has 0 spiro atoms. The topological polar surface area (TPSA) is 55.5 Å². The van der Waals surface area contributed by atoms with E-state index in [4.69, 9.17) is 4.84 Å². The third-order valence-corrected chi connectivity index (χ3v) is 3.53. The second-order valence-corrected chi connectivity index (χ2v) is 4.90. The Morgan fingerprint density at radius 3 is 2.68 bits per heavy atom. The van der Waals surface area contributed by atoms with Crippen molar-refractivity contribution in [3.8, 4) is 0 Å². The summed E-state index contributed by atoms with van der Waals surface area (Å²) in [5, 5.41) is 12.9. The lowest BCUT2D eigenvalue weighted by Gasteiger charge is -2.28. The monoisotopic (exact) mass is 303 g/mol. The molecule has 0 amide bonds. The average Bonchev–Trinajstić information content (AvgIpc) is 2.97. The third kappa shape index (κ3) is 2.08. The maximum absolute atomic E-state index is 12.9. The van der Waals surface area contributed by atoms with E-state index in [2.05, 4.69) is 15.3 Å². The van der Waals surface area contributed by atoms with Gasteiger partial charge >= 0.3 is 0 Å². The van der Waals surface area contributed by atoms with Crippen LogP contribution in [-0.2, 0) is 18.0 Å². The molecule has 8 heteroatoms. The van der Waals surface area contributed by atoms with Crippen LogP contribution >= 0.6 is 0 Å². The molecule has 0 radical (unpaired) electrons. The molecule has 4 rings (SSSR count). The number of hydrogen-bond donors (Lipinski definition) is 0. The molecule has 0 saturated heterocycles. The second-order valence-electron chi connectivity index (χ2n) is 4.90. The van der Waals surface area contributed by atoms with E-state index in [1.807, 2.05) is 24.3 Å². The Labute approximate surface area is 123 Å². The van der Waals surface area contributed by atoms with E-state index in [1.54, 1.807) is 17.2 Å². The number of rotatable bonds is 2. The summed E-state index contributed by atoms with van der Waals surface area (Å²) in [4.78, 5) is 5.65. The Bertz CT molecular complexity index is 835. The number of nitrogens with zero attached hydrogens (tertiary/aromatic N) is 5. The normalized spacial score (nSPS) is 14.6. The van der Waals surface area contributed by atoms with E-state index in [0.717, 1.165) is 15.6 Å². The highest BCUT2D eigenvalue weighted by Crippen LogP contribution is 2.25. The largest absolute Gasteiger partial charge is 0.299 e. The van der Waals surface area contributed by atoms with Gasteiger partial charge in [-0.05, 0) is 23.3 Å². The van der Waals surface area contributed by atoms with Gasteiger partial charge in [-0.2, -0.15) is 4.52 Å². The molecule has 0 N–H and O–H groups in total. The molecule has 1 aliphatic rings. The minimum atomic E-state index is -2.74. The van der Waals surface area contributed by atoms with Gasteiger partial charge in [-0.3, -0.25) is 4.84 Å². The van der Waals surface area contributed by atoms with Crippen molar-refractivity contribution in [2.24, 2.45) is 0 Å². The summed E-state index contributed by atoms with van der Waals surface area (Å²) in [7, 11) is 0. The molecule has 0 unspecified atom stereocenters. The standard InChI is InChI=1S/C14H11F2N5O/c15-13(16)14-18-17-11-5-6-12(19-21(11)14)20-7-9-3-1-2-4-10(9)8-22-20/h1-6,13H,7-8H2. The quantitative estimate of drug-likeness (QED) is 0.728. The summed E-state index contributed by atoms with van der Waals surface area (Å²) in [5.74, 6) is -0.0436. The molecule has 0 bridgehead atoms. The van der Waals surface area contributed by atoms with Crippen LogP contribution in [0.15, 0.2) is 36.4 Å². The van der Waals surface area contributed by atoms with E-state index in [9.17, 15) is 8.78 Å². The first kappa shape index (κ1) is 13.1. The van der Waals surface area contributed by atoms with E-state index in [0.29, 0.717) is 19.0 Å². The minimum absolute atomic E-state index is 0.274. The lowest BCUT2D eigenvalue weighted by Crippen LogP contribution is -2.29. The van der Waals surface area contributed by atoms with Crippen LogP contribution in [-0.4, -0.2) is 19.8 Å². The fourth-order valence-corrected chi connectivity index (χ4v) is 2.41. The molecule has 3 aromatic rings. The molecule has 0 saturated carbocycles. The molecule has 22 heavy (non-hydrogen) atoms. The first-order chi connectivity index (χ1) is 10.7. The van der Waals surface area contributed by atoms with Crippen molar-refractivity contribution in [3.63, 3.8) is 0 Å². The second kappa shape index (κ2) is 4.99. The third-order valence-electron chi connectivity index (χ3n) is 3.53. The molecule has 6 nitrogen and oxygen atoms in total. The molecule has 1 aliphatic heterocycles. The predicted octanol–water partition coefficient (Wildman–Crippen LogP) is 2.51. The van der Waals surface area contributed by atoms with Crippen molar-refractivity contribution in [1.29, 1.82) is 0 Å². The molecule has 112 valence electrons. The van der Waals surface area contributed by atoms with E-state index >= 15 is 0 Å². The molecule has 0 aliphatic carbocycles. The van der Waals surface area contributed by atoms with Gasteiger partial charge in [0.2, 0.25) is 5.82 Å². The molecule has 1 aromatic carbocycles. The predicted molar refractivity (Wildman–Crippen MR) is 73.2 cm³/mol. The molecule has 0 atom stereocenters. The van der Waals surface area contributed by atoms with Gasteiger partial charge in [-0.1, -0.05) is 24.3 Å². The Balaban J connectivity index is 1.71. The van der Waals surface area contributed by atoms with Crippen molar-refractivity contribution in [2.75, 3.05) is 5.06 Å². The van der Waals surface area contributed by atoms with Gasteiger partial charge in [0.15, 0.2) is 11.5 Å². The zero-order chi connectivity index (χ0) is 15.1. The van der Waals surface area contributed by atoms with Crippen molar-refractivity contribution >= 4 is 11.5 Å². The number of benzene rings is 1. The zero-order valence-electron chi connectivity index (χ0n) is 11.4.